The van der Waals surface area contributed by atoms with E-state index in [1.54, 1.807) is 0 Å². The third kappa shape index (κ3) is 16.1. The second kappa shape index (κ2) is 29.1. The molecule has 2 aromatic heterocycles. The monoisotopic (exact) mass is 1100 g/mol. The minimum absolute atomic E-state index is 0.302. The van der Waals surface area contributed by atoms with Crippen LogP contribution in [0.2, 0.25) is 0 Å². The zero-order valence-corrected chi connectivity index (χ0v) is 45.9. The fourth-order valence-corrected chi connectivity index (χ4v) is 12.1. The first-order valence-corrected chi connectivity index (χ1v) is 29.3. The summed E-state index contributed by atoms with van der Waals surface area (Å²) in [6.45, 7) is 7.65. The molecule has 410 valence electrons. The van der Waals surface area contributed by atoms with Crippen LogP contribution in [0.1, 0.15) is 127 Å². The molecule has 78 heavy (non-hydrogen) atoms. The molecule has 2 aliphatic carbocycles. The van der Waals surface area contributed by atoms with Crippen LogP contribution >= 0.6 is 22.7 Å². The molecule has 6 aromatic rings. The van der Waals surface area contributed by atoms with Gasteiger partial charge in [0.05, 0.1) is 41.8 Å². The van der Waals surface area contributed by atoms with Crippen LogP contribution in [-0.4, -0.2) is 54.0 Å². The summed E-state index contributed by atoms with van der Waals surface area (Å²) in [5.41, 5.74) is 2.77. The average Bonchev–Trinajstić information content (AvgIpc) is 4.35. The molecule has 4 aromatic carbocycles. The van der Waals surface area contributed by atoms with Gasteiger partial charge in [0.2, 0.25) is 0 Å². The SMILES string of the molecule is C=CC(=O)OCCCCCCCc1ccc(OC(=O)C2CCC(C(=O)Oc3c4ccccc4c(OC(=O)C4CCC(C(=O)Oc5ccc(CCCCCCCOC(=O)C=C)cc5)CC4)c4sc(-c5cccs5)nc34)CC2)cc1. The van der Waals surface area contributed by atoms with Crippen molar-refractivity contribution < 1.29 is 57.2 Å². The number of esters is 6. The molecule has 0 N–H and O–H groups in total. The highest BCUT2D eigenvalue weighted by molar-refractivity contribution is 7.25. The molecule has 0 radical (unpaired) electrons. The smallest absolute Gasteiger partial charge is 0.330 e. The highest BCUT2D eigenvalue weighted by atomic mass is 32.1. The zero-order valence-electron chi connectivity index (χ0n) is 44.3. The van der Waals surface area contributed by atoms with Gasteiger partial charge in [0.1, 0.15) is 26.7 Å². The number of aryl methyl sites for hydroxylation is 2. The van der Waals surface area contributed by atoms with Gasteiger partial charge in [-0.15, -0.1) is 22.7 Å². The topological polar surface area (TPSA) is 171 Å². The van der Waals surface area contributed by atoms with E-state index in [4.69, 9.17) is 33.4 Å². The van der Waals surface area contributed by atoms with E-state index in [9.17, 15) is 28.8 Å². The summed E-state index contributed by atoms with van der Waals surface area (Å²) in [7, 11) is 0. The first-order valence-electron chi connectivity index (χ1n) is 27.6. The molecule has 0 saturated heterocycles. The molecule has 0 unspecified atom stereocenters. The van der Waals surface area contributed by atoms with E-state index < -0.39 is 17.8 Å². The molecule has 13 nitrogen and oxygen atoms in total. The molecule has 2 fully saturated rings. The van der Waals surface area contributed by atoms with Crippen molar-refractivity contribution in [1.29, 1.82) is 0 Å². The van der Waals surface area contributed by atoms with Crippen LogP contribution in [0, 0.1) is 23.7 Å². The number of hydrogen-bond acceptors (Lipinski definition) is 15. The normalized spacial score (nSPS) is 17.2. The van der Waals surface area contributed by atoms with E-state index >= 15 is 0 Å². The maximum atomic E-state index is 14.1. The summed E-state index contributed by atoms with van der Waals surface area (Å²) < 4.78 is 35.0. The lowest BCUT2D eigenvalue weighted by atomic mass is 9.82. The number of carbonyl (C=O) groups excluding carboxylic acids is 6. The molecular weight excluding hydrogens is 1030 g/mol. The number of nitrogens with zero attached hydrogens (tertiary/aromatic N) is 1. The number of unbranched alkanes of at least 4 members (excludes halogenated alkanes) is 8. The molecule has 0 atom stereocenters. The molecular formula is C63H69NO12S2. The number of rotatable bonds is 27. The zero-order chi connectivity index (χ0) is 54.6. The van der Waals surface area contributed by atoms with Crippen LogP contribution in [0.4, 0.5) is 0 Å². The molecule has 15 heteroatoms. The summed E-state index contributed by atoms with van der Waals surface area (Å²) >= 11 is 2.91. The Hall–Kier alpha value is -6.97. The van der Waals surface area contributed by atoms with Crippen molar-refractivity contribution in [2.24, 2.45) is 23.7 Å². The molecule has 2 aliphatic rings. The average molecular weight is 1100 g/mol. The van der Waals surface area contributed by atoms with Gasteiger partial charge in [0.25, 0.3) is 0 Å². The van der Waals surface area contributed by atoms with Crippen molar-refractivity contribution in [1.82, 2.24) is 4.98 Å². The second-order valence-corrected chi connectivity index (χ2v) is 22.2. The maximum absolute atomic E-state index is 14.1. The van der Waals surface area contributed by atoms with Gasteiger partial charge in [-0.2, -0.15) is 0 Å². The van der Waals surface area contributed by atoms with Gasteiger partial charge in [-0.05, 0) is 137 Å². The standard InChI is InChI=1S/C63H69NO12S2/c1-3-53(65)71-39-15-9-5-7-11-18-42-23-35-48(36-24-42)73-60(67)44-27-31-46(32-28-44)62(69)75-56-50-20-13-14-21-51(50)57(58-55(56)64-59(78-58)52-22-17-41-77-52)76-63(70)47-33-29-45(30-34-47)61(68)74-49-37-25-43(26-38-49)19-12-8-6-10-16-40-72-54(66)4-2/h3-4,13-14,17,20-26,35-38,41,44-47H,1-2,5-12,15-16,18-19,27-34,39-40H2. The summed E-state index contributed by atoms with van der Waals surface area (Å²) in [5.74, 6) is -2.06. The van der Waals surface area contributed by atoms with E-state index in [-0.39, 0.29) is 41.7 Å². The van der Waals surface area contributed by atoms with Gasteiger partial charge >= 0.3 is 35.8 Å². The van der Waals surface area contributed by atoms with E-state index in [0.717, 1.165) is 81.9 Å². The van der Waals surface area contributed by atoms with Crippen molar-refractivity contribution in [2.75, 3.05) is 13.2 Å². The molecule has 0 bridgehead atoms. The highest BCUT2D eigenvalue weighted by Crippen LogP contribution is 2.48. The Balaban J connectivity index is 0.822. The number of thiazole rings is 1. The van der Waals surface area contributed by atoms with Crippen molar-refractivity contribution in [3.05, 3.63) is 127 Å². The Bertz CT molecular complexity index is 2820. The first kappa shape index (κ1) is 57.2. The van der Waals surface area contributed by atoms with Crippen LogP contribution in [0.5, 0.6) is 23.0 Å². The van der Waals surface area contributed by atoms with Gasteiger partial charge in [0.15, 0.2) is 11.5 Å². The van der Waals surface area contributed by atoms with E-state index in [1.807, 2.05) is 90.3 Å². The quantitative estimate of drug-likeness (QED) is 0.0207. The van der Waals surface area contributed by atoms with E-state index in [2.05, 4.69) is 13.2 Å². The summed E-state index contributed by atoms with van der Waals surface area (Å²) in [6, 6.07) is 26.6. The van der Waals surface area contributed by atoms with Crippen LogP contribution in [-0.2, 0) is 51.1 Å². The van der Waals surface area contributed by atoms with Crippen LogP contribution in [0.25, 0.3) is 30.9 Å². The summed E-state index contributed by atoms with van der Waals surface area (Å²) in [5, 5.41) is 3.87. The highest BCUT2D eigenvalue weighted by Gasteiger charge is 2.36. The first-order chi connectivity index (χ1) is 38.1. The predicted octanol–water partition coefficient (Wildman–Crippen LogP) is 14.3. The van der Waals surface area contributed by atoms with Gasteiger partial charge in [-0.3, -0.25) is 19.2 Å². The Labute approximate surface area is 464 Å². The Morgan fingerprint density at radius 1 is 0.487 bits per heavy atom. The number of carbonyl (C=O) groups is 6. The predicted molar refractivity (Wildman–Crippen MR) is 303 cm³/mol. The Kier molecular flexibility index (Phi) is 21.4. The van der Waals surface area contributed by atoms with Crippen molar-refractivity contribution in [3.63, 3.8) is 0 Å². The van der Waals surface area contributed by atoms with Crippen molar-refractivity contribution >= 4 is 79.5 Å². The van der Waals surface area contributed by atoms with E-state index in [0.29, 0.717) is 114 Å². The lowest BCUT2D eigenvalue weighted by molar-refractivity contribution is -0.145. The Morgan fingerprint density at radius 2 is 0.897 bits per heavy atom. The number of thiophene rings is 1. The fourth-order valence-electron chi connectivity index (χ4n) is 10.2. The number of benzene rings is 4. The van der Waals surface area contributed by atoms with Crippen LogP contribution in [0.3, 0.4) is 0 Å². The molecule has 0 spiro atoms. The lowest BCUT2D eigenvalue weighted by Crippen LogP contribution is -2.30. The van der Waals surface area contributed by atoms with Gasteiger partial charge in [-0.1, -0.05) is 106 Å². The Morgan fingerprint density at radius 3 is 1.33 bits per heavy atom. The fraction of sp³-hybridized carbons (Fsp3) is 0.413. The number of hydrogen-bond donors (Lipinski definition) is 0. The molecule has 2 saturated carbocycles. The van der Waals surface area contributed by atoms with Crippen molar-refractivity contribution in [2.45, 2.75) is 128 Å². The molecule has 0 amide bonds. The molecule has 2 heterocycles. The largest absolute Gasteiger partial charge is 0.463 e. The van der Waals surface area contributed by atoms with Gasteiger partial charge in [0, 0.05) is 22.9 Å². The second-order valence-electron chi connectivity index (χ2n) is 20.2. The van der Waals surface area contributed by atoms with Gasteiger partial charge < -0.3 is 28.4 Å². The summed E-state index contributed by atoms with van der Waals surface area (Å²) in [4.78, 5) is 83.2. The maximum Gasteiger partial charge on any atom is 0.330 e. The lowest BCUT2D eigenvalue weighted by Gasteiger charge is -2.26. The summed E-state index contributed by atoms with van der Waals surface area (Å²) in [6.07, 6.45) is 18.0. The minimum atomic E-state index is -0.440. The number of aromatic nitrogens is 1. The third-order valence-corrected chi connectivity index (χ3v) is 16.8. The minimum Gasteiger partial charge on any atom is -0.463 e. The number of fused-ring (bicyclic) bond motifs is 2. The number of ether oxygens (including phenoxy) is 6. The molecule has 8 rings (SSSR count). The van der Waals surface area contributed by atoms with Crippen LogP contribution in [0.15, 0.2) is 116 Å². The van der Waals surface area contributed by atoms with Gasteiger partial charge in [-0.25, -0.2) is 14.6 Å². The van der Waals surface area contributed by atoms with E-state index in [1.165, 1.54) is 46.0 Å². The van der Waals surface area contributed by atoms with Crippen molar-refractivity contribution in [3.8, 4) is 32.9 Å². The third-order valence-electron chi connectivity index (χ3n) is 14.7. The molecule has 0 aliphatic heterocycles. The van der Waals surface area contributed by atoms with Crippen LogP contribution < -0.4 is 18.9 Å².